The van der Waals surface area contributed by atoms with Crippen LogP contribution in [0.1, 0.15) is 33.6 Å². The Labute approximate surface area is 144 Å². The van der Waals surface area contributed by atoms with E-state index in [1.54, 1.807) is 51.1 Å². The second-order valence-corrected chi connectivity index (χ2v) is 8.98. The predicted molar refractivity (Wildman–Crippen MR) is 92.5 cm³/mol. The van der Waals surface area contributed by atoms with Crippen molar-refractivity contribution >= 4 is 15.9 Å². The molecule has 0 bridgehead atoms. The van der Waals surface area contributed by atoms with E-state index in [0.717, 1.165) is 6.54 Å². The quantitative estimate of drug-likeness (QED) is 0.883. The molecule has 1 aliphatic heterocycles. The van der Waals surface area contributed by atoms with Crippen LogP contribution in [-0.4, -0.2) is 50.0 Å². The summed E-state index contributed by atoms with van der Waals surface area (Å²) in [6, 6.07) is 8.27. The molecule has 1 atom stereocenters. The molecule has 0 saturated carbocycles. The molecule has 0 radical (unpaired) electrons. The Bertz CT molecular complexity index is 653. The summed E-state index contributed by atoms with van der Waals surface area (Å²) in [4.78, 5) is 14.2. The van der Waals surface area contributed by atoms with Crippen molar-refractivity contribution in [1.29, 1.82) is 0 Å². The lowest BCUT2D eigenvalue weighted by atomic mass is 10.2. The zero-order chi connectivity index (χ0) is 17.8. The van der Waals surface area contributed by atoms with Gasteiger partial charge in [-0.3, -0.25) is 4.90 Å². The van der Waals surface area contributed by atoms with Crippen LogP contribution in [0.15, 0.2) is 35.2 Å². The number of nitrogens with zero attached hydrogens (tertiary/aromatic N) is 1. The Morgan fingerprint density at radius 3 is 2.50 bits per heavy atom. The molecule has 0 aromatic heterocycles. The van der Waals surface area contributed by atoms with Gasteiger partial charge in [-0.1, -0.05) is 18.2 Å². The van der Waals surface area contributed by atoms with Gasteiger partial charge in [0.05, 0.1) is 4.90 Å². The summed E-state index contributed by atoms with van der Waals surface area (Å²) < 4.78 is 31.5. The summed E-state index contributed by atoms with van der Waals surface area (Å²) in [5.74, 6) is 0. The van der Waals surface area contributed by atoms with E-state index in [1.165, 1.54) is 4.90 Å². The monoisotopic (exact) mass is 354 g/mol. The number of sulfone groups is 1. The highest BCUT2D eigenvalue weighted by atomic mass is 32.2. The SMILES string of the molecule is CC(C)(C)OC(=O)N1CCCNCCC1S(=O)(=O)c1ccccc1. The molecule has 0 aliphatic carbocycles. The molecule has 2 rings (SSSR count). The second kappa shape index (κ2) is 7.53. The third kappa shape index (κ3) is 4.70. The topological polar surface area (TPSA) is 75.7 Å². The zero-order valence-electron chi connectivity index (χ0n) is 14.5. The smallest absolute Gasteiger partial charge is 0.411 e. The fourth-order valence-corrected chi connectivity index (χ4v) is 4.45. The first-order chi connectivity index (χ1) is 11.2. The summed E-state index contributed by atoms with van der Waals surface area (Å²) in [7, 11) is -3.67. The summed E-state index contributed by atoms with van der Waals surface area (Å²) in [5.41, 5.74) is -0.668. The van der Waals surface area contributed by atoms with E-state index in [9.17, 15) is 13.2 Å². The van der Waals surface area contributed by atoms with Crippen LogP contribution in [0.4, 0.5) is 4.79 Å². The molecule has 1 heterocycles. The predicted octanol–water partition coefficient (Wildman–Crippen LogP) is 2.41. The van der Waals surface area contributed by atoms with Gasteiger partial charge < -0.3 is 10.1 Å². The van der Waals surface area contributed by atoms with Crippen LogP contribution < -0.4 is 5.32 Å². The summed E-state index contributed by atoms with van der Waals surface area (Å²) in [5, 5.41) is 2.28. The van der Waals surface area contributed by atoms with E-state index in [2.05, 4.69) is 5.32 Å². The number of carbonyl (C=O) groups is 1. The third-order valence-electron chi connectivity index (χ3n) is 3.73. The van der Waals surface area contributed by atoms with Gasteiger partial charge in [-0.2, -0.15) is 0 Å². The molecule has 24 heavy (non-hydrogen) atoms. The number of benzene rings is 1. The summed E-state index contributed by atoms with van der Waals surface area (Å²) >= 11 is 0. The average molecular weight is 354 g/mol. The molecule has 0 spiro atoms. The van der Waals surface area contributed by atoms with Crippen LogP contribution in [-0.2, 0) is 14.6 Å². The van der Waals surface area contributed by atoms with Gasteiger partial charge in [0, 0.05) is 6.54 Å². The van der Waals surface area contributed by atoms with Crippen molar-refractivity contribution in [1.82, 2.24) is 10.2 Å². The van der Waals surface area contributed by atoms with Crippen molar-refractivity contribution in [2.24, 2.45) is 0 Å². The van der Waals surface area contributed by atoms with E-state index >= 15 is 0 Å². The summed E-state index contributed by atoms with van der Waals surface area (Å²) in [6.45, 7) is 6.96. The number of hydrogen-bond acceptors (Lipinski definition) is 5. The number of carbonyl (C=O) groups excluding carboxylic acids is 1. The highest BCUT2D eigenvalue weighted by Gasteiger charge is 2.37. The van der Waals surface area contributed by atoms with Crippen molar-refractivity contribution in [2.45, 2.75) is 49.5 Å². The number of hydrogen-bond donors (Lipinski definition) is 1. The molecular weight excluding hydrogens is 328 g/mol. The van der Waals surface area contributed by atoms with Crippen molar-refractivity contribution in [2.75, 3.05) is 19.6 Å². The lowest BCUT2D eigenvalue weighted by molar-refractivity contribution is 0.0206. The maximum absolute atomic E-state index is 13.1. The van der Waals surface area contributed by atoms with Crippen LogP contribution in [0.2, 0.25) is 0 Å². The minimum atomic E-state index is -3.67. The fraction of sp³-hybridized carbons (Fsp3) is 0.588. The Kier molecular flexibility index (Phi) is 5.87. The number of ether oxygens (including phenoxy) is 1. The van der Waals surface area contributed by atoms with E-state index in [-0.39, 0.29) is 4.90 Å². The van der Waals surface area contributed by atoms with E-state index < -0.39 is 26.9 Å². The van der Waals surface area contributed by atoms with Gasteiger partial charge in [0.25, 0.3) is 0 Å². The molecule has 7 heteroatoms. The molecule has 1 aliphatic rings. The fourth-order valence-electron chi connectivity index (χ4n) is 2.64. The van der Waals surface area contributed by atoms with Crippen molar-refractivity contribution in [3.63, 3.8) is 0 Å². The Balaban J connectivity index is 2.35. The molecule has 134 valence electrons. The third-order valence-corrected chi connectivity index (χ3v) is 5.86. The average Bonchev–Trinajstić information content (AvgIpc) is 2.45. The first-order valence-corrected chi connectivity index (χ1v) is 9.76. The highest BCUT2D eigenvalue weighted by molar-refractivity contribution is 7.92. The molecular formula is C17H26N2O4S. The van der Waals surface area contributed by atoms with Gasteiger partial charge >= 0.3 is 6.09 Å². The number of nitrogens with one attached hydrogen (secondary N) is 1. The number of rotatable bonds is 2. The van der Waals surface area contributed by atoms with Gasteiger partial charge in [-0.15, -0.1) is 0 Å². The van der Waals surface area contributed by atoms with Crippen molar-refractivity contribution in [3.8, 4) is 0 Å². The molecule has 6 nitrogen and oxygen atoms in total. The van der Waals surface area contributed by atoms with Gasteiger partial charge in [0.15, 0.2) is 9.84 Å². The molecule has 1 fully saturated rings. The molecule has 1 amide bonds. The zero-order valence-corrected chi connectivity index (χ0v) is 15.3. The van der Waals surface area contributed by atoms with Gasteiger partial charge in [-0.25, -0.2) is 13.2 Å². The minimum absolute atomic E-state index is 0.226. The molecule has 1 unspecified atom stereocenters. The van der Waals surface area contributed by atoms with Crippen LogP contribution in [0.3, 0.4) is 0 Å². The van der Waals surface area contributed by atoms with E-state index in [1.807, 2.05) is 0 Å². The van der Waals surface area contributed by atoms with E-state index in [0.29, 0.717) is 25.9 Å². The van der Waals surface area contributed by atoms with Crippen molar-refractivity contribution < 1.29 is 17.9 Å². The number of amides is 1. The standard InChI is InChI=1S/C17H26N2O4S/c1-17(2,3)23-16(20)19-13-7-11-18-12-10-15(19)24(21,22)14-8-5-4-6-9-14/h4-6,8-9,15,18H,7,10-13H2,1-3H3. The van der Waals surface area contributed by atoms with E-state index in [4.69, 9.17) is 4.74 Å². The minimum Gasteiger partial charge on any atom is -0.444 e. The Morgan fingerprint density at radius 2 is 1.88 bits per heavy atom. The highest BCUT2D eigenvalue weighted by Crippen LogP contribution is 2.24. The lowest BCUT2D eigenvalue weighted by Gasteiger charge is -2.34. The molecule has 1 N–H and O–H groups in total. The van der Waals surface area contributed by atoms with Crippen LogP contribution in [0.25, 0.3) is 0 Å². The maximum atomic E-state index is 13.1. The summed E-state index contributed by atoms with van der Waals surface area (Å²) in [6.07, 6.45) is 0.435. The normalized spacial score (nSPS) is 20.1. The first-order valence-electron chi connectivity index (χ1n) is 8.21. The van der Waals surface area contributed by atoms with Crippen LogP contribution in [0, 0.1) is 0 Å². The second-order valence-electron chi connectivity index (χ2n) is 6.88. The Morgan fingerprint density at radius 1 is 1.21 bits per heavy atom. The van der Waals surface area contributed by atoms with Gasteiger partial charge in [-0.05, 0) is 58.8 Å². The van der Waals surface area contributed by atoms with Crippen LogP contribution in [0.5, 0.6) is 0 Å². The Hall–Kier alpha value is -1.60. The molecule has 1 aromatic rings. The maximum Gasteiger partial charge on any atom is 0.411 e. The lowest BCUT2D eigenvalue weighted by Crippen LogP contribution is -2.50. The van der Waals surface area contributed by atoms with Gasteiger partial charge in [0.1, 0.15) is 11.0 Å². The molecule has 1 aromatic carbocycles. The largest absolute Gasteiger partial charge is 0.444 e. The first kappa shape index (κ1) is 18.7. The van der Waals surface area contributed by atoms with Crippen molar-refractivity contribution in [3.05, 3.63) is 30.3 Å². The molecule has 1 saturated heterocycles. The van der Waals surface area contributed by atoms with Gasteiger partial charge in [0.2, 0.25) is 0 Å². The van der Waals surface area contributed by atoms with Crippen LogP contribution >= 0.6 is 0 Å².